The van der Waals surface area contributed by atoms with Gasteiger partial charge in [-0.3, -0.25) is 0 Å². The maximum absolute atomic E-state index is 14.5. The topological polar surface area (TPSA) is 79.8 Å². The number of nitrogens with zero attached hydrogens (tertiary/aromatic N) is 3. The molecule has 0 radical (unpaired) electrons. The van der Waals surface area contributed by atoms with Gasteiger partial charge >= 0.3 is 6.18 Å². The molecule has 3 heterocycles. The second kappa shape index (κ2) is 8.05. The van der Waals surface area contributed by atoms with Gasteiger partial charge in [-0.2, -0.15) is 13.2 Å². The number of benzene rings is 1. The molecule has 0 bridgehead atoms. The summed E-state index contributed by atoms with van der Waals surface area (Å²) in [5, 5.41) is 3.77. The van der Waals surface area contributed by atoms with E-state index in [1.165, 1.54) is 0 Å². The summed E-state index contributed by atoms with van der Waals surface area (Å²) in [6, 6.07) is 6.26. The van der Waals surface area contributed by atoms with E-state index in [-0.39, 0.29) is 12.4 Å². The van der Waals surface area contributed by atoms with E-state index >= 15 is 0 Å². The third kappa shape index (κ3) is 4.23. The number of piperidine rings is 1. The Balaban J connectivity index is 1.73. The number of likely N-dealkylation sites (tertiary alicyclic amines) is 1. The van der Waals surface area contributed by atoms with E-state index in [2.05, 4.69) is 15.8 Å². The van der Waals surface area contributed by atoms with Crippen molar-refractivity contribution in [1.82, 2.24) is 14.9 Å². The van der Waals surface area contributed by atoms with Crippen LogP contribution in [0.1, 0.15) is 18.3 Å². The fourth-order valence-electron chi connectivity index (χ4n) is 3.97. The standard InChI is InChI=1S/C19H24F4N6O/c1-28-6-5-14(12(20)9-28)25-13-3-2-4-15-11(13)7-16(29(15)10-19(21,22)23)18-26-17(8-24)30-27-18/h2-4,7,12,14,18,25,27H,5-6,8-10,24H2,1H3/t12?,14-,18?/m1/s1. The van der Waals surface area contributed by atoms with Crippen molar-refractivity contribution in [3.8, 4) is 0 Å². The first-order valence-corrected chi connectivity index (χ1v) is 9.72. The van der Waals surface area contributed by atoms with Crippen molar-refractivity contribution < 1.29 is 22.4 Å². The number of anilines is 1. The number of aliphatic imine (C=N–C) groups is 1. The van der Waals surface area contributed by atoms with E-state index in [1.807, 2.05) is 11.9 Å². The third-order valence-electron chi connectivity index (χ3n) is 5.42. The fourth-order valence-corrected chi connectivity index (χ4v) is 3.97. The number of hydrogen-bond donors (Lipinski definition) is 3. The first-order chi connectivity index (χ1) is 14.2. The van der Waals surface area contributed by atoms with Gasteiger partial charge in [0.2, 0.25) is 5.90 Å². The Morgan fingerprint density at radius 3 is 2.83 bits per heavy atom. The molecule has 4 rings (SSSR count). The molecular formula is C19H24F4N6O. The van der Waals surface area contributed by atoms with Crippen molar-refractivity contribution >= 4 is 22.5 Å². The summed E-state index contributed by atoms with van der Waals surface area (Å²) in [5.74, 6) is 0.216. The summed E-state index contributed by atoms with van der Waals surface area (Å²) in [7, 11) is 1.86. The van der Waals surface area contributed by atoms with Crippen LogP contribution in [0.15, 0.2) is 29.3 Å². The molecule has 0 spiro atoms. The highest BCUT2D eigenvalue weighted by Crippen LogP contribution is 2.35. The molecule has 4 N–H and O–H groups in total. The van der Waals surface area contributed by atoms with E-state index in [9.17, 15) is 17.6 Å². The summed E-state index contributed by atoms with van der Waals surface area (Å²) < 4.78 is 55.6. The zero-order valence-corrected chi connectivity index (χ0v) is 16.4. The molecule has 2 unspecified atom stereocenters. The highest BCUT2D eigenvalue weighted by atomic mass is 19.4. The van der Waals surface area contributed by atoms with Crippen LogP contribution in [-0.2, 0) is 11.4 Å². The normalized spacial score (nSPS) is 25.4. The number of halogens is 4. The number of aromatic nitrogens is 1. The number of alkyl halides is 4. The van der Waals surface area contributed by atoms with Crippen LogP contribution in [0.4, 0.5) is 23.2 Å². The summed E-state index contributed by atoms with van der Waals surface area (Å²) in [5.41, 5.74) is 9.39. The van der Waals surface area contributed by atoms with Crippen molar-refractivity contribution in [2.45, 2.75) is 37.5 Å². The molecule has 0 amide bonds. The lowest BCUT2D eigenvalue weighted by molar-refractivity contribution is -0.140. The molecule has 2 aliphatic heterocycles. The molecule has 0 saturated carbocycles. The van der Waals surface area contributed by atoms with Crippen LogP contribution in [0, 0.1) is 0 Å². The maximum Gasteiger partial charge on any atom is 0.406 e. The monoisotopic (exact) mass is 428 g/mol. The van der Waals surface area contributed by atoms with Crippen LogP contribution in [0.2, 0.25) is 0 Å². The van der Waals surface area contributed by atoms with Gasteiger partial charge in [0.1, 0.15) is 12.7 Å². The van der Waals surface area contributed by atoms with E-state index in [0.717, 1.165) is 11.1 Å². The van der Waals surface area contributed by atoms with Crippen molar-refractivity contribution in [1.29, 1.82) is 0 Å². The first kappa shape index (κ1) is 20.9. The molecular weight excluding hydrogens is 404 g/mol. The second-order valence-electron chi connectivity index (χ2n) is 7.68. The average Bonchev–Trinajstić information content (AvgIpc) is 3.28. The van der Waals surface area contributed by atoms with Gasteiger partial charge < -0.3 is 25.4 Å². The number of fused-ring (bicyclic) bond motifs is 1. The molecule has 2 aromatic rings. The Morgan fingerprint density at radius 1 is 1.37 bits per heavy atom. The largest absolute Gasteiger partial charge is 0.406 e. The molecule has 3 atom stereocenters. The quantitative estimate of drug-likeness (QED) is 0.638. The van der Waals surface area contributed by atoms with Gasteiger partial charge in [-0.05, 0) is 31.7 Å². The molecule has 0 aliphatic carbocycles. The minimum atomic E-state index is -4.43. The lowest BCUT2D eigenvalue weighted by atomic mass is 10.0. The number of nitrogens with two attached hydrogens (primary N) is 1. The van der Waals surface area contributed by atoms with Crippen LogP contribution in [0.3, 0.4) is 0 Å². The van der Waals surface area contributed by atoms with Crippen LogP contribution >= 0.6 is 0 Å². The number of nitrogens with one attached hydrogen (secondary N) is 2. The van der Waals surface area contributed by atoms with Gasteiger partial charge in [0, 0.05) is 24.2 Å². The Hall–Kier alpha value is -2.37. The zero-order chi connectivity index (χ0) is 21.5. The summed E-state index contributed by atoms with van der Waals surface area (Å²) in [6.07, 6.45) is -5.71. The molecule has 1 saturated heterocycles. The van der Waals surface area contributed by atoms with Crippen LogP contribution < -0.4 is 16.5 Å². The second-order valence-corrected chi connectivity index (χ2v) is 7.68. The minimum absolute atomic E-state index is 0.0316. The van der Waals surface area contributed by atoms with Gasteiger partial charge in [-0.15, -0.1) is 5.48 Å². The molecule has 11 heteroatoms. The van der Waals surface area contributed by atoms with Crippen molar-refractivity contribution in [2.24, 2.45) is 10.7 Å². The smallest absolute Gasteiger partial charge is 0.389 e. The van der Waals surface area contributed by atoms with E-state index in [4.69, 9.17) is 10.6 Å². The highest BCUT2D eigenvalue weighted by Gasteiger charge is 2.33. The lowest BCUT2D eigenvalue weighted by Crippen LogP contribution is -2.46. The fraction of sp³-hybridized carbons (Fsp3) is 0.526. The molecule has 1 aromatic heterocycles. The highest BCUT2D eigenvalue weighted by molar-refractivity contribution is 5.93. The minimum Gasteiger partial charge on any atom is -0.389 e. The summed E-state index contributed by atoms with van der Waals surface area (Å²) in [4.78, 5) is 11.3. The van der Waals surface area contributed by atoms with Crippen molar-refractivity contribution in [3.63, 3.8) is 0 Å². The molecule has 1 aromatic carbocycles. The Bertz CT molecular complexity index is 943. The number of rotatable bonds is 5. The van der Waals surface area contributed by atoms with Gasteiger partial charge in [-0.1, -0.05) is 6.07 Å². The summed E-state index contributed by atoms with van der Waals surface area (Å²) in [6.45, 7) is -0.0903. The van der Waals surface area contributed by atoms with Gasteiger partial charge in [0.05, 0.1) is 23.8 Å². The third-order valence-corrected chi connectivity index (χ3v) is 5.42. The number of hydrogen-bond acceptors (Lipinski definition) is 6. The maximum atomic E-state index is 14.5. The van der Waals surface area contributed by atoms with Gasteiger partial charge in [0.25, 0.3) is 0 Å². The van der Waals surface area contributed by atoms with Gasteiger partial charge in [0.15, 0.2) is 6.17 Å². The predicted octanol–water partition coefficient (Wildman–Crippen LogP) is 2.55. The first-order valence-electron chi connectivity index (χ1n) is 9.72. The van der Waals surface area contributed by atoms with E-state index < -0.39 is 31.1 Å². The molecule has 2 aliphatic rings. The lowest BCUT2D eigenvalue weighted by Gasteiger charge is -2.33. The Morgan fingerprint density at radius 2 is 2.17 bits per heavy atom. The van der Waals surface area contributed by atoms with Crippen LogP contribution in [0.5, 0.6) is 0 Å². The molecule has 7 nitrogen and oxygen atoms in total. The van der Waals surface area contributed by atoms with Crippen LogP contribution in [0.25, 0.3) is 10.9 Å². The van der Waals surface area contributed by atoms with Crippen molar-refractivity contribution in [2.75, 3.05) is 32.0 Å². The van der Waals surface area contributed by atoms with E-state index in [0.29, 0.717) is 35.2 Å². The Kier molecular flexibility index (Phi) is 5.60. The van der Waals surface area contributed by atoms with Crippen LogP contribution in [-0.4, -0.2) is 60.4 Å². The van der Waals surface area contributed by atoms with Crippen molar-refractivity contribution in [3.05, 3.63) is 30.0 Å². The van der Waals surface area contributed by atoms with Gasteiger partial charge in [-0.25, -0.2) is 9.38 Å². The molecule has 1 fully saturated rings. The predicted molar refractivity (Wildman–Crippen MR) is 106 cm³/mol. The zero-order valence-electron chi connectivity index (χ0n) is 16.4. The molecule has 30 heavy (non-hydrogen) atoms. The Labute approximate surface area is 170 Å². The van der Waals surface area contributed by atoms with E-state index in [1.54, 1.807) is 24.3 Å². The SMILES string of the molecule is CN1CC[C@@H](Nc2cccc3c2cc(C2N=C(CN)ON2)n3CC(F)(F)F)C(F)C1. The number of hydroxylamine groups is 1. The summed E-state index contributed by atoms with van der Waals surface area (Å²) >= 11 is 0. The molecule has 164 valence electrons. The average molecular weight is 428 g/mol.